The third-order valence-electron chi connectivity index (χ3n) is 4.94. The lowest BCUT2D eigenvalue weighted by Gasteiger charge is -2.11. The molecule has 0 unspecified atom stereocenters. The minimum Gasteiger partial charge on any atom is -0.486 e. The molecular weight excluding hydrogens is 544 g/mol. The molecule has 0 aliphatic rings. The zero-order chi connectivity index (χ0) is 26.7. The first-order valence-corrected chi connectivity index (χ1v) is 13.3. The monoisotopic (exact) mass is 563 g/mol. The van der Waals surface area contributed by atoms with Gasteiger partial charge >= 0.3 is 0 Å². The minimum absolute atomic E-state index is 0.0715. The number of hydrogen-bond acceptors (Lipinski definition) is 6. The summed E-state index contributed by atoms with van der Waals surface area (Å²) < 4.78 is 46.9. The van der Waals surface area contributed by atoms with Crippen LogP contribution in [-0.4, -0.2) is 35.1 Å². The van der Waals surface area contributed by atoms with Gasteiger partial charge in [0.15, 0.2) is 5.75 Å². The molecule has 37 heavy (non-hydrogen) atoms. The summed E-state index contributed by atoms with van der Waals surface area (Å²) >= 11 is 12.0. The summed E-state index contributed by atoms with van der Waals surface area (Å²) in [5, 5.41) is 3.36. The van der Waals surface area contributed by atoms with Crippen molar-refractivity contribution in [2.75, 3.05) is 16.3 Å². The number of rotatable bonds is 8. The van der Waals surface area contributed by atoms with Crippen molar-refractivity contribution >= 4 is 50.5 Å². The lowest BCUT2D eigenvalue weighted by Crippen LogP contribution is -2.13. The van der Waals surface area contributed by atoms with E-state index in [4.69, 9.17) is 27.9 Å². The number of aromatic nitrogens is 3. The van der Waals surface area contributed by atoms with Crippen LogP contribution in [0.2, 0.25) is 10.0 Å². The van der Waals surface area contributed by atoms with Crippen molar-refractivity contribution in [1.82, 2.24) is 14.5 Å². The number of hydrogen-bond donors (Lipinski definition) is 2. The average molecular weight is 564 g/mol. The van der Waals surface area contributed by atoms with Crippen LogP contribution in [0.1, 0.15) is 15.9 Å². The van der Waals surface area contributed by atoms with E-state index in [-0.39, 0.29) is 34.3 Å². The Labute approximate surface area is 222 Å². The van der Waals surface area contributed by atoms with Crippen LogP contribution in [0.15, 0.2) is 61.2 Å². The third kappa shape index (κ3) is 6.97. The molecule has 9 nitrogen and oxygen atoms in total. The second kappa shape index (κ2) is 10.8. The van der Waals surface area contributed by atoms with Crippen LogP contribution in [0.3, 0.4) is 0 Å². The smallest absolute Gasteiger partial charge is 0.257 e. The average Bonchev–Trinajstić information content (AvgIpc) is 3.18. The van der Waals surface area contributed by atoms with Crippen molar-refractivity contribution in [2.45, 2.75) is 6.61 Å². The fourth-order valence-electron chi connectivity index (χ4n) is 3.48. The molecule has 4 aromatic rings. The third-order valence-corrected chi connectivity index (χ3v) is 5.98. The summed E-state index contributed by atoms with van der Waals surface area (Å²) in [6.45, 7) is 0.0715. The number of aryl methyl sites for hydroxylation is 1. The van der Waals surface area contributed by atoms with Gasteiger partial charge in [-0.1, -0.05) is 23.2 Å². The summed E-state index contributed by atoms with van der Waals surface area (Å²) in [6, 6.07) is 8.79. The highest BCUT2D eigenvalue weighted by molar-refractivity contribution is 7.92. The number of amides is 1. The van der Waals surface area contributed by atoms with Crippen molar-refractivity contribution in [2.24, 2.45) is 7.05 Å². The Kier molecular flexibility index (Phi) is 7.67. The SMILES string of the molecule is Cn1cc(C(=O)Nc2cc(Cl)cc(NS(C)(=O)=O)c2)cc1-c1ncc(F)cc1OCc1cncc(Cl)c1. The number of anilines is 2. The number of nitrogens with one attached hydrogen (secondary N) is 2. The van der Waals surface area contributed by atoms with E-state index in [2.05, 4.69) is 20.0 Å². The van der Waals surface area contributed by atoms with Gasteiger partial charge in [0.25, 0.3) is 5.91 Å². The lowest BCUT2D eigenvalue weighted by molar-refractivity contribution is 0.102. The molecule has 1 aromatic carbocycles. The molecule has 0 spiro atoms. The van der Waals surface area contributed by atoms with Crippen molar-refractivity contribution in [3.8, 4) is 17.1 Å². The number of benzene rings is 1. The molecule has 0 atom stereocenters. The predicted octanol–water partition coefficient (Wildman–Crippen LogP) is 5.13. The van der Waals surface area contributed by atoms with Crippen LogP contribution >= 0.6 is 23.2 Å². The molecule has 0 bridgehead atoms. The molecule has 0 fully saturated rings. The van der Waals surface area contributed by atoms with E-state index < -0.39 is 21.7 Å². The Morgan fingerprint density at radius 2 is 1.81 bits per heavy atom. The number of carbonyl (C=O) groups is 1. The maximum Gasteiger partial charge on any atom is 0.257 e. The van der Waals surface area contributed by atoms with Gasteiger partial charge in [-0.25, -0.2) is 17.8 Å². The predicted molar refractivity (Wildman–Crippen MR) is 140 cm³/mol. The fourth-order valence-corrected chi connectivity index (χ4v) is 4.46. The Hall–Kier alpha value is -3.67. The maximum absolute atomic E-state index is 14.0. The molecule has 0 saturated carbocycles. The summed E-state index contributed by atoms with van der Waals surface area (Å²) in [6.07, 6.45) is 6.70. The van der Waals surface area contributed by atoms with Crippen molar-refractivity contribution in [1.29, 1.82) is 0 Å². The van der Waals surface area contributed by atoms with Crippen molar-refractivity contribution in [3.63, 3.8) is 0 Å². The van der Waals surface area contributed by atoms with E-state index >= 15 is 0 Å². The summed E-state index contributed by atoms with van der Waals surface area (Å²) in [4.78, 5) is 21.1. The topological polar surface area (TPSA) is 115 Å². The van der Waals surface area contributed by atoms with Crippen LogP contribution < -0.4 is 14.8 Å². The lowest BCUT2D eigenvalue weighted by atomic mass is 10.2. The first kappa shape index (κ1) is 26.4. The van der Waals surface area contributed by atoms with Gasteiger partial charge in [-0.05, 0) is 30.3 Å². The van der Waals surface area contributed by atoms with Gasteiger partial charge in [-0.2, -0.15) is 0 Å². The molecule has 3 aromatic heterocycles. The zero-order valence-corrected chi connectivity index (χ0v) is 21.8. The van der Waals surface area contributed by atoms with E-state index in [1.54, 1.807) is 36.1 Å². The molecule has 3 heterocycles. The first-order chi connectivity index (χ1) is 17.5. The highest BCUT2D eigenvalue weighted by atomic mass is 35.5. The minimum atomic E-state index is -3.54. The van der Waals surface area contributed by atoms with E-state index in [9.17, 15) is 17.6 Å². The largest absolute Gasteiger partial charge is 0.486 e. The summed E-state index contributed by atoms with van der Waals surface area (Å²) in [5.41, 5.74) is 2.25. The molecule has 13 heteroatoms. The molecule has 4 rings (SSSR count). The molecule has 2 N–H and O–H groups in total. The van der Waals surface area contributed by atoms with Gasteiger partial charge in [0.05, 0.1) is 34.4 Å². The van der Waals surface area contributed by atoms with Crippen LogP contribution in [0.25, 0.3) is 11.4 Å². The van der Waals surface area contributed by atoms with Crippen molar-refractivity contribution < 1.29 is 22.3 Å². The Morgan fingerprint density at radius 3 is 2.54 bits per heavy atom. The van der Waals surface area contributed by atoms with Gasteiger partial charge in [0.2, 0.25) is 10.0 Å². The molecule has 192 valence electrons. The van der Waals surface area contributed by atoms with Gasteiger partial charge in [0.1, 0.15) is 18.1 Å². The molecule has 0 aliphatic heterocycles. The molecular formula is C24H20Cl2FN5O4S. The van der Waals surface area contributed by atoms with Crippen LogP contribution in [0, 0.1) is 5.82 Å². The Bertz CT molecular complexity index is 1590. The van der Waals surface area contributed by atoms with Gasteiger partial charge in [-0.3, -0.25) is 14.5 Å². The van der Waals surface area contributed by atoms with E-state index in [0.717, 1.165) is 12.5 Å². The Morgan fingerprint density at radius 1 is 1.05 bits per heavy atom. The fraction of sp³-hybridized carbons (Fsp3) is 0.125. The summed E-state index contributed by atoms with van der Waals surface area (Å²) in [5.74, 6) is -0.905. The van der Waals surface area contributed by atoms with Gasteiger partial charge in [0, 0.05) is 48.0 Å². The molecule has 1 amide bonds. The van der Waals surface area contributed by atoms with Gasteiger partial charge < -0.3 is 14.6 Å². The summed E-state index contributed by atoms with van der Waals surface area (Å²) in [7, 11) is -1.83. The molecule has 0 saturated heterocycles. The number of nitrogens with zero attached hydrogens (tertiary/aromatic N) is 3. The van der Waals surface area contributed by atoms with Crippen LogP contribution in [0.5, 0.6) is 5.75 Å². The standard InChI is InChI=1S/C24H20Cl2FN5O4S/c1-32-12-15(24(33)30-19-5-16(25)6-20(8-19)31-37(2,34)35)4-21(32)23-22(7-18(27)11-29-23)36-13-14-3-17(26)10-28-9-14/h3-12,31H,13H2,1-2H3,(H,30,33). The highest BCUT2D eigenvalue weighted by Crippen LogP contribution is 2.31. The molecule has 0 aliphatic carbocycles. The number of halogens is 3. The number of pyridine rings is 2. The number of sulfonamides is 1. The van der Waals surface area contributed by atoms with E-state index in [1.807, 2.05) is 0 Å². The number of carbonyl (C=O) groups excluding carboxylic acids is 1. The van der Waals surface area contributed by atoms with Crippen LogP contribution in [0.4, 0.5) is 15.8 Å². The quantitative estimate of drug-likeness (QED) is 0.307. The molecule has 0 radical (unpaired) electrons. The second-order valence-corrected chi connectivity index (χ2v) is 10.7. The first-order valence-electron chi connectivity index (χ1n) is 10.6. The normalized spacial score (nSPS) is 11.3. The van der Waals surface area contributed by atoms with Crippen molar-refractivity contribution in [3.05, 3.63) is 88.2 Å². The van der Waals surface area contributed by atoms with Gasteiger partial charge in [-0.15, -0.1) is 0 Å². The van der Waals surface area contributed by atoms with Crippen LogP contribution in [-0.2, 0) is 23.7 Å². The zero-order valence-electron chi connectivity index (χ0n) is 19.5. The Balaban J connectivity index is 1.58. The van der Waals surface area contributed by atoms with E-state index in [1.165, 1.54) is 30.5 Å². The second-order valence-electron chi connectivity index (χ2n) is 8.08. The number of ether oxygens (including phenoxy) is 1. The maximum atomic E-state index is 14.0. The van der Waals surface area contributed by atoms with E-state index in [0.29, 0.717) is 22.0 Å². The highest BCUT2D eigenvalue weighted by Gasteiger charge is 2.18.